The van der Waals surface area contributed by atoms with Crippen LogP contribution in [0.3, 0.4) is 0 Å². The predicted molar refractivity (Wildman–Crippen MR) is 478 cm³/mol. The largest absolute Gasteiger partial charge is 0.494 e. The number of hydrogen-bond acceptors (Lipinski definition) is 20. The van der Waals surface area contributed by atoms with E-state index in [9.17, 15) is 24.0 Å². The fourth-order valence-corrected chi connectivity index (χ4v) is 14.6. The van der Waals surface area contributed by atoms with E-state index in [4.69, 9.17) is 71.1 Å². The normalized spacial score (nSPS) is 15.0. The van der Waals surface area contributed by atoms with Crippen molar-refractivity contribution in [2.45, 2.75) is 103 Å². The molecule has 125 heavy (non-hydrogen) atoms. The van der Waals surface area contributed by atoms with Crippen molar-refractivity contribution in [3.05, 3.63) is 295 Å². The molecule has 4 saturated heterocycles. The molecule has 4 aliphatic heterocycles. The number of carbonyl (C=O) groups excluding carboxylic acids is 5. The van der Waals surface area contributed by atoms with Gasteiger partial charge in [-0.05, 0) is 253 Å². The third-order valence-electron chi connectivity index (χ3n) is 22.9. The molecule has 0 bridgehead atoms. The first kappa shape index (κ1) is 87.4. The molecular formula is C105H104O20. The number of rotatable bonds is 43. The van der Waals surface area contributed by atoms with E-state index >= 15 is 0 Å². The Balaban J connectivity index is 0.000000377. The van der Waals surface area contributed by atoms with Crippen molar-refractivity contribution in [3.63, 3.8) is 0 Å². The highest BCUT2D eigenvalue weighted by Gasteiger charge is 2.38. The van der Waals surface area contributed by atoms with Gasteiger partial charge in [-0.1, -0.05) is 136 Å². The first-order chi connectivity index (χ1) is 61.3. The Kier molecular flexibility index (Phi) is 30.2. The average Bonchev–Trinajstić information content (AvgIpc) is 1.75. The smallest absolute Gasteiger partial charge is 0.343 e. The molecule has 4 heterocycles. The second kappa shape index (κ2) is 43.2. The molecule has 20 nitrogen and oxygen atoms in total. The Bertz CT molecular complexity index is 5250. The number of carbonyl (C=O) groups is 5. The monoisotopic (exact) mass is 1680 g/mol. The molecule has 20 heteroatoms. The molecule has 12 aromatic rings. The van der Waals surface area contributed by atoms with E-state index < -0.39 is 29.8 Å². The highest BCUT2D eigenvalue weighted by molar-refractivity contribution is 6.11. The molecule has 2 atom stereocenters. The minimum absolute atomic E-state index is 0.223. The fourth-order valence-electron chi connectivity index (χ4n) is 14.6. The van der Waals surface area contributed by atoms with Crippen molar-refractivity contribution in [3.8, 4) is 85.1 Å². The summed E-state index contributed by atoms with van der Waals surface area (Å²) in [5.41, 5.74) is 6.89. The highest BCUT2D eigenvalue weighted by atomic mass is 16.6. The summed E-state index contributed by atoms with van der Waals surface area (Å²) in [5, 5.41) is 3.35. The summed E-state index contributed by atoms with van der Waals surface area (Å²) in [4.78, 5) is 67.1. The molecule has 2 unspecified atom stereocenters. The highest BCUT2D eigenvalue weighted by Crippen LogP contribution is 2.47. The lowest BCUT2D eigenvalue weighted by molar-refractivity contribution is -0.150. The maximum atomic E-state index is 14.3. The van der Waals surface area contributed by atoms with Gasteiger partial charge in [0.15, 0.2) is 0 Å². The number of hydrogen-bond donors (Lipinski definition) is 0. The quantitative estimate of drug-likeness (QED) is 0.0150. The Labute approximate surface area is 728 Å². The van der Waals surface area contributed by atoms with Gasteiger partial charge in [0, 0.05) is 48.0 Å². The lowest BCUT2D eigenvalue weighted by atomic mass is 9.84. The van der Waals surface area contributed by atoms with Crippen molar-refractivity contribution in [2.24, 2.45) is 10.8 Å². The molecule has 0 spiro atoms. The summed E-state index contributed by atoms with van der Waals surface area (Å²) in [6, 6.07) is 79.4. The minimum atomic E-state index is -0.583. The lowest BCUT2D eigenvalue weighted by Crippen LogP contribution is -2.45. The van der Waals surface area contributed by atoms with Crippen LogP contribution in [-0.4, -0.2) is 135 Å². The van der Waals surface area contributed by atoms with Gasteiger partial charge in [-0.3, -0.25) is 0 Å². The third-order valence-corrected chi connectivity index (χ3v) is 22.9. The first-order valence-corrected chi connectivity index (χ1v) is 43.3. The van der Waals surface area contributed by atoms with E-state index in [-0.39, 0.29) is 22.3 Å². The Morgan fingerprint density at radius 2 is 0.568 bits per heavy atom. The van der Waals surface area contributed by atoms with Gasteiger partial charge in [0.1, 0.15) is 51.7 Å². The van der Waals surface area contributed by atoms with Crippen molar-refractivity contribution in [1.82, 2.24) is 0 Å². The van der Waals surface area contributed by atoms with Crippen LogP contribution in [0.1, 0.15) is 143 Å². The molecular weight excluding hydrogens is 1580 g/mol. The van der Waals surface area contributed by atoms with Crippen molar-refractivity contribution >= 4 is 51.4 Å². The van der Waals surface area contributed by atoms with Crippen molar-refractivity contribution < 1.29 is 95.0 Å². The van der Waals surface area contributed by atoms with Crippen LogP contribution in [-0.2, 0) is 28.4 Å². The summed E-state index contributed by atoms with van der Waals surface area (Å²) in [6.45, 7) is 14.8. The molecule has 0 aliphatic carbocycles. The van der Waals surface area contributed by atoms with Crippen molar-refractivity contribution in [1.29, 1.82) is 0 Å². The van der Waals surface area contributed by atoms with Gasteiger partial charge in [0.2, 0.25) is 0 Å². The van der Waals surface area contributed by atoms with Crippen LogP contribution in [0, 0.1) is 10.8 Å². The van der Waals surface area contributed by atoms with E-state index in [2.05, 4.69) is 13.8 Å². The Hall–Kier alpha value is -12.5. The second-order valence-electron chi connectivity index (χ2n) is 32.0. The molecule has 644 valence electrons. The number of ether oxygens (including phenoxy) is 15. The van der Waals surface area contributed by atoms with Crippen LogP contribution in [0.5, 0.6) is 51.7 Å². The van der Waals surface area contributed by atoms with Crippen LogP contribution in [0.2, 0.25) is 0 Å². The van der Waals surface area contributed by atoms with Crippen LogP contribution < -0.4 is 42.6 Å². The maximum Gasteiger partial charge on any atom is 0.343 e. The summed E-state index contributed by atoms with van der Waals surface area (Å²) in [6.07, 6.45) is 12.9. The molecule has 16 rings (SSSR count). The molecule has 4 fully saturated rings. The number of fused-ring (bicyclic) bond motifs is 2. The number of unbranched alkanes of at least 4 members (excludes halogenated alkanes) is 6. The fraction of sp³-hybridized carbons (Fsp3) is 0.305. The number of esters is 5. The lowest BCUT2D eigenvalue weighted by Gasteiger charge is -2.40. The molecule has 4 aliphatic rings. The summed E-state index contributed by atoms with van der Waals surface area (Å²) < 4.78 is 85.6. The molecule has 12 aromatic carbocycles. The molecule has 0 saturated carbocycles. The Morgan fingerprint density at radius 3 is 0.880 bits per heavy atom. The predicted octanol–water partition coefficient (Wildman–Crippen LogP) is 21.9. The first-order valence-electron chi connectivity index (χ1n) is 43.3. The maximum absolute atomic E-state index is 14.3. The van der Waals surface area contributed by atoms with Gasteiger partial charge in [0.05, 0.1) is 119 Å². The van der Waals surface area contributed by atoms with Crippen LogP contribution in [0.15, 0.2) is 267 Å². The van der Waals surface area contributed by atoms with Gasteiger partial charge in [-0.15, -0.1) is 0 Å². The molecule has 0 N–H and O–H groups in total. The summed E-state index contributed by atoms with van der Waals surface area (Å²) in [5.74, 6) is 2.13. The van der Waals surface area contributed by atoms with Crippen molar-refractivity contribution in [2.75, 3.05) is 92.5 Å². The zero-order valence-electron chi connectivity index (χ0n) is 70.6. The average molecular weight is 1690 g/mol. The third kappa shape index (κ3) is 24.5. The zero-order valence-corrected chi connectivity index (χ0v) is 70.6. The minimum Gasteiger partial charge on any atom is -0.494 e. The van der Waals surface area contributed by atoms with Gasteiger partial charge >= 0.3 is 29.8 Å². The molecule has 0 radical (unpaired) electrons. The number of benzene rings is 12. The van der Waals surface area contributed by atoms with E-state index in [0.717, 1.165) is 198 Å². The SMILES string of the molecule is CCC1(COCCCCCCOc2ccc(C(=O)Oc3ccc(-c4ccc(C(=O)Oc5ccc6ccccc6c5-c5c(OC(=O)c6ccc(-c7ccc(OC(=O)c8ccc(OCCCCCCOCC9(CC)COC9)cc8)cc7)cc6)ccc6ccccc56)cc4)cc3)cc2)COC1.O=C(Oc1ccc(OCCC2CO2)cc1)c1ccc(OCCC2CO2)cc1. The van der Waals surface area contributed by atoms with Gasteiger partial charge < -0.3 is 71.1 Å². The van der Waals surface area contributed by atoms with Gasteiger partial charge in [-0.25, -0.2) is 24.0 Å². The molecule has 0 aromatic heterocycles. The standard InChI is InChI=1S/C84H82O14.C21H22O6/c1-3-83(55-91-56-83)53-89-49-13-5-7-15-51-93-69-39-33-67(34-40-69)79(85)95-71-43-29-61(30-44-71)59-21-25-65(26-22-59)81(87)97-75-47-37-63-17-9-11-19-73(63)77(75)78-74-20-12-10-18-64(74)38-48-76(78)98-82(88)66-27-23-60(24-28-66)62-31-45-72(46-32-62)96-80(86)68-35-41-70(42-36-68)94-52-16-8-6-14-50-90-54-84(4-2)57-92-58-84;22-21(15-1-3-16(4-2-15)23-11-9-19-13-25-19)27-18-7-5-17(6-8-18)24-12-10-20-14-26-20/h9-12,17-48H,3-8,13-16,49-58H2,1-2H3;1-8,19-20H,9-14H2. The summed E-state index contributed by atoms with van der Waals surface area (Å²) >= 11 is 0. The van der Waals surface area contributed by atoms with E-state index in [0.29, 0.717) is 106 Å². The second-order valence-corrected chi connectivity index (χ2v) is 32.0. The molecule has 0 amide bonds. The van der Waals surface area contributed by atoms with Gasteiger partial charge in [-0.2, -0.15) is 0 Å². The van der Waals surface area contributed by atoms with E-state index in [1.54, 1.807) is 158 Å². The van der Waals surface area contributed by atoms with Crippen LogP contribution >= 0.6 is 0 Å². The summed E-state index contributed by atoms with van der Waals surface area (Å²) in [7, 11) is 0. The zero-order chi connectivity index (χ0) is 86.0. The topological polar surface area (TPSA) is 230 Å². The Morgan fingerprint density at radius 1 is 0.296 bits per heavy atom. The van der Waals surface area contributed by atoms with E-state index in [1.807, 2.05) is 109 Å². The number of epoxide rings is 2. The van der Waals surface area contributed by atoms with E-state index in [1.165, 1.54) is 0 Å². The van der Waals surface area contributed by atoms with Gasteiger partial charge in [0.25, 0.3) is 0 Å². The van der Waals surface area contributed by atoms with Crippen LogP contribution in [0.4, 0.5) is 0 Å². The van der Waals surface area contributed by atoms with Crippen LogP contribution in [0.25, 0.3) is 54.9 Å².